The first-order chi connectivity index (χ1) is 13.1. The third-order valence-electron chi connectivity index (χ3n) is 5.21. The highest BCUT2D eigenvalue weighted by molar-refractivity contribution is 7.13. The molecule has 3 aromatic rings. The molecule has 7 heteroatoms. The predicted molar refractivity (Wildman–Crippen MR) is 106 cm³/mol. The Balaban J connectivity index is 1.75. The van der Waals surface area contributed by atoms with E-state index in [1.807, 2.05) is 30.5 Å². The molecule has 1 aliphatic carbocycles. The Hall–Kier alpha value is -2.67. The Kier molecular flexibility index (Phi) is 4.70. The van der Waals surface area contributed by atoms with Crippen molar-refractivity contribution in [2.45, 2.75) is 38.6 Å². The van der Waals surface area contributed by atoms with Crippen LogP contribution in [-0.2, 0) is 0 Å². The van der Waals surface area contributed by atoms with Crippen molar-refractivity contribution >= 4 is 17.2 Å². The Bertz CT molecular complexity index is 969. The molecule has 0 aliphatic heterocycles. The fraction of sp³-hybridized carbons (Fsp3) is 0.350. The van der Waals surface area contributed by atoms with Crippen LogP contribution in [0.25, 0.3) is 22.0 Å². The number of hydrogen-bond acceptors (Lipinski definition) is 5. The fourth-order valence-electron chi connectivity index (χ4n) is 3.85. The summed E-state index contributed by atoms with van der Waals surface area (Å²) in [5, 5.41) is 2.92. The van der Waals surface area contributed by atoms with Crippen molar-refractivity contribution in [1.82, 2.24) is 14.5 Å². The second-order valence-corrected chi connectivity index (χ2v) is 7.69. The summed E-state index contributed by atoms with van der Waals surface area (Å²) in [6.45, 7) is 1.97. The van der Waals surface area contributed by atoms with Crippen molar-refractivity contribution in [2.75, 3.05) is 7.11 Å². The molecule has 0 atom stereocenters. The van der Waals surface area contributed by atoms with Crippen LogP contribution in [0.2, 0.25) is 0 Å². The summed E-state index contributed by atoms with van der Waals surface area (Å²) >= 11 is 1.56. The van der Waals surface area contributed by atoms with Gasteiger partial charge in [-0.05, 0) is 31.9 Å². The smallest absolute Gasteiger partial charge is 0.250 e. The minimum Gasteiger partial charge on any atom is -0.481 e. The van der Waals surface area contributed by atoms with Crippen LogP contribution in [0.15, 0.2) is 29.8 Å². The van der Waals surface area contributed by atoms with Crippen LogP contribution in [0.3, 0.4) is 0 Å². The third-order valence-corrected chi connectivity index (χ3v) is 6.10. The van der Waals surface area contributed by atoms with Crippen LogP contribution in [0, 0.1) is 6.92 Å². The number of methoxy groups -OCH3 is 1. The number of thiazole rings is 1. The number of amides is 1. The molecule has 2 N–H and O–H groups in total. The summed E-state index contributed by atoms with van der Waals surface area (Å²) in [7, 11) is 1.60. The molecular weight excluding hydrogens is 360 g/mol. The Morgan fingerprint density at radius 3 is 2.74 bits per heavy atom. The first kappa shape index (κ1) is 17.7. The van der Waals surface area contributed by atoms with Gasteiger partial charge in [0, 0.05) is 34.9 Å². The van der Waals surface area contributed by atoms with Crippen molar-refractivity contribution in [3.8, 4) is 27.8 Å². The number of pyridine rings is 1. The fourth-order valence-corrected chi connectivity index (χ4v) is 4.66. The second kappa shape index (κ2) is 7.15. The first-order valence-corrected chi connectivity index (χ1v) is 9.94. The highest BCUT2D eigenvalue weighted by atomic mass is 32.1. The van der Waals surface area contributed by atoms with Gasteiger partial charge in [-0.3, -0.25) is 4.79 Å². The number of nitrogens with zero attached hydrogens (tertiary/aromatic N) is 3. The summed E-state index contributed by atoms with van der Waals surface area (Å²) in [5.41, 5.74) is 9.90. The van der Waals surface area contributed by atoms with E-state index in [-0.39, 0.29) is 5.91 Å². The lowest BCUT2D eigenvalue weighted by Crippen LogP contribution is -2.14. The Morgan fingerprint density at radius 1 is 1.33 bits per heavy atom. The monoisotopic (exact) mass is 382 g/mol. The zero-order chi connectivity index (χ0) is 19.0. The van der Waals surface area contributed by atoms with Crippen LogP contribution < -0.4 is 10.5 Å². The lowest BCUT2D eigenvalue weighted by Gasteiger charge is -2.18. The molecule has 27 heavy (non-hydrogen) atoms. The predicted octanol–water partition coefficient (Wildman–Crippen LogP) is 4.20. The Morgan fingerprint density at radius 2 is 2.11 bits per heavy atom. The number of nitrogens with two attached hydrogens (primary N) is 1. The molecule has 1 fully saturated rings. The highest BCUT2D eigenvalue weighted by Crippen LogP contribution is 2.38. The van der Waals surface area contributed by atoms with Gasteiger partial charge in [0.1, 0.15) is 5.01 Å². The molecule has 3 heterocycles. The second-order valence-electron chi connectivity index (χ2n) is 6.83. The van der Waals surface area contributed by atoms with Crippen LogP contribution in [-0.4, -0.2) is 27.6 Å². The minimum absolute atomic E-state index is 0.389. The largest absolute Gasteiger partial charge is 0.481 e. The van der Waals surface area contributed by atoms with Gasteiger partial charge in [0.25, 0.3) is 5.91 Å². The van der Waals surface area contributed by atoms with E-state index in [0.29, 0.717) is 17.5 Å². The third kappa shape index (κ3) is 3.23. The van der Waals surface area contributed by atoms with E-state index in [0.717, 1.165) is 40.5 Å². The lowest BCUT2D eigenvalue weighted by molar-refractivity contribution is 0.0999. The molecule has 0 spiro atoms. The summed E-state index contributed by atoms with van der Waals surface area (Å²) in [4.78, 5) is 21.0. The molecule has 4 rings (SSSR count). The molecule has 3 aromatic heterocycles. The van der Waals surface area contributed by atoms with Gasteiger partial charge in [-0.2, -0.15) is 0 Å². The SMILES string of the molecule is COc1ccc(-c2nc(-c3cc(C(N)=O)c(C)n3C3CCCC3)cs2)cn1. The molecule has 140 valence electrons. The number of aromatic nitrogens is 3. The molecule has 1 aliphatic rings. The molecule has 0 aromatic carbocycles. The van der Waals surface area contributed by atoms with E-state index in [2.05, 4.69) is 9.55 Å². The number of hydrogen-bond donors (Lipinski definition) is 1. The van der Waals surface area contributed by atoms with E-state index in [1.54, 1.807) is 24.6 Å². The molecular formula is C20H22N4O2S. The van der Waals surface area contributed by atoms with Crippen LogP contribution in [0.4, 0.5) is 0 Å². The molecule has 0 unspecified atom stereocenters. The van der Waals surface area contributed by atoms with Crippen molar-refractivity contribution in [3.05, 3.63) is 41.0 Å². The molecule has 0 bridgehead atoms. The quantitative estimate of drug-likeness (QED) is 0.717. The van der Waals surface area contributed by atoms with E-state index in [9.17, 15) is 4.79 Å². The number of carbonyl (C=O) groups excluding carboxylic acids is 1. The number of rotatable bonds is 5. The van der Waals surface area contributed by atoms with E-state index < -0.39 is 0 Å². The maximum Gasteiger partial charge on any atom is 0.250 e. The van der Waals surface area contributed by atoms with Gasteiger partial charge in [0.15, 0.2) is 0 Å². The molecule has 0 radical (unpaired) electrons. The van der Waals surface area contributed by atoms with Crippen molar-refractivity contribution in [1.29, 1.82) is 0 Å². The Labute approximate surface area is 162 Å². The van der Waals surface area contributed by atoms with E-state index in [1.165, 1.54) is 12.8 Å². The van der Waals surface area contributed by atoms with Crippen LogP contribution in [0.1, 0.15) is 47.8 Å². The molecule has 1 amide bonds. The van der Waals surface area contributed by atoms with Crippen molar-refractivity contribution in [2.24, 2.45) is 5.73 Å². The zero-order valence-corrected chi connectivity index (χ0v) is 16.3. The topological polar surface area (TPSA) is 83.0 Å². The van der Waals surface area contributed by atoms with Gasteiger partial charge in [0.2, 0.25) is 5.88 Å². The lowest BCUT2D eigenvalue weighted by atomic mass is 10.2. The minimum atomic E-state index is -0.389. The molecule has 0 saturated heterocycles. The van der Waals surface area contributed by atoms with Crippen LogP contribution in [0.5, 0.6) is 5.88 Å². The average molecular weight is 382 g/mol. The highest BCUT2D eigenvalue weighted by Gasteiger charge is 2.26. The van der Waals surface area contributed by atoms with Crippen molar-refractivity contribution in [3.63, 3.8) is 0 Å². The van der Waals surface area contributed by atoms with Gasteiger partial charge < -0.3 is 15.0 Å². The standard InChI is InChI=1S/C20H22N4O2S/c1-12-15(19(21)25)9-17(24(12)14-5-3-4-6-14)16-11-27-20(23-16)13-7-8-18(26-2)22-10-13/h7-11,14H,3-6H2,1-2H3,(H2,21,25). The van der Waals surface area contributed by atoms with Gasteiger partial charge in [-0.1, -0.05) is 12.8 Å². The van der Waals surface area contributed by atoms with E-state index in [4.69, 9.17) is 15.5 Å². The zero-order valence-electron chi connectivity index (χ0n) is 15.4. The van der Waals surface area contributed by atoms with Gasteiger partial charge in [0.05, 0.1) is 24.1 Å². The summed E-state index contributed by atoms with van der Waals surface area (Å²) in [5.74, 6) is 0.188. The van der Waals surface area contributed by atoms with Gasteiger partial charge in [-0.25, -0.2) is 9.97 Å². The summed E-state index contributed by atoms with van der Waals surface area (Å²) < 4.78 is 7.38. The van der Waals surface area contributed by atoms with Gasteiger partial charge >= 0.3 is 0 Å². The van der Waals surface area contributed by atoms with Crippen molar-refractivity contribution < 1.29 is 9.53 Å². The maximum atomic E-state index is 11.9. The summed E-state index contributed by atoms with van der Waals surface area (Å²) in [6, 6.07) is 6.07. The normalized spacial score (nSPS) is 14.6. The number of primary amides is 1. The van der Waals surface area contributed by atoms with Gasteiger partial charge in [-0.15, -0.1) is 11.3 Å². The molecule has 6 nitrogen and oxygen atoms in total. The number of carbonyl (C=O) groups is 1. The maximum absolute atomic E-state index is 11.9. The molecule has 1 saturated carbocycles. The average Bonchev–Trinajstić information content (AvgIpc) is 3.41. The summed E-state index contributed by atoms with van der Waals surface area (Å²) in [6.07, 6.45) is 6.44. The first-order valence-electron chi connectivity index (χ1n) is 9.06. The van der Waals surface area contributed by atoms with E-state index >= 15 is 0 Å². The number of ether oxygens (including phenoxy) is 1. The van der Waals surface area contributed by atoms with Crippen LogP contribution >= 0.6 is 11.3 Å².